The summed E-state index contributed by atoms with van der Waals surface area (Å²) in [7, 11) is 0. The maximum Gasteiger partial charge on any atom is 0.234 e. The van der Waals surface area contributed by atoms with Gasteiger partial charge in [0.15, 0.2) is 0 Å². The minimum Gasteiger partial charge on any atom is -0.486 e. The van der Waals surface area contributed by atoms with E-state index in [1.807, 2.05) is 19.3 Å². The highest BCUT2D eigenvalue weighted by atomic mass is 19.1. The van der Waals surface area contributed by atoms with Gasteiger partial charge in [0.25, 0.3) is 0 Å². The van der Waals surface area contributed by atoms with Crippen LogP contribution in [0, 0.1) is 18.7 Å². The lowest BCUT2D eigenvalue weighted by Crippen LogP contribution is -1.96. The fourth-order valence-electron chi connectivity index (χ4n) is 2.70. The van der Waals surface area contributed by atoms with E-state index in [-0.39, 0.29) is 12.4 Å². The zero-order chi connectivity index (χ0) is 18.1. The Bertz CT molecular complexity index is 1080. The van der Waals surface area contributed by atoms with E-state index in [1.54, 1.807) is 16.7 Å². The Hall–Kier alpha value is -3.35. The molecule has 1 aromatic carbocycles. The summed E-state index contributed by atoms with van der Waals surface area (Å²) in [5.41, 5.74) is 3.28. The van der Waals surface area contributed by atoms with Gasteiger partial charge in [-0.05, 0) is 42.3 Å². The van der Waals surface area contributed by atoms with Gasteiger partial charge in [0.05, 0.1) is 11.9 Å². The molecule has 7 heteroatoms. The minimum atomic E-state index is -0.558. The SMILES string of the molecule is Cc1cc(F)ccc1-c1cnc2nc(COc3ccc(F)nc3)cn2c1. The molecule has 0 saturated carbocycles. The van der Waals surface area contributed by atoms with Crippen molar-refractivity contribution in [1.82, 2.24) is 19.4 Å². The van der Waals surface area contributed by atoms with Crippen molar-refractivity contribution in [2.45, 2.75) is 13.5 Å². The van der Waals surface area contributed by atoms with E-state index in [0.717, 1.165) is 16.7 Å². The molecule has 130 valence electrons. The van der Waals surface area contributed by atoms with Crippen LogP contribution in [0.4, 0.5) is 8.78 Å². The van der Waals surface area contributed by atoms with Crippen LogP contribution in [0.5, 0.6) is 5.75 Å². The summed E-state index contributed by atoms with van der Waals surface area (Å²) < 4.78 is 33.4. The van der Waals surface area contributed by atoms with Crippen molar-refractivity contribution in [3.05, 3.63) is 78.1 Å². The Kier molecular flexibility index (Phi) is 4.04. The molecule has 0 aliphatic carbocycles. The molecule has 0 spiro atoms. The highest BCUT2D eigenvalue weighted by Crippen LogP contribution is 2.23. The standard InChI is InChI=1S/C19H14F2N4O/c1-12-6-14(20)2-4-17(12)13-7-23-19-24-15(10-25(19)9-13)11-26-16-3-5-18(21)22-8-16/h2-10H,11H2,1H3. The number of nitrogens with zero attached hydrogens (tertiary/aromatic N) is 4. The fourth-order valence-corrected chi connectivity index (χ4v) is 2.70. The molecule has 0 fully saturated rings. The second kappa shape index (κ2) is 6.51. The fraction of sp³-hybridized carbons (Fsp3) is 0.105. The molecule has 0 radical (unpaired) electrons. The third-order valence-electron chi connectivity index (χ3n) is 3.95. The van der Waals surface area contributed by atoms with Gasteiger partial charge in [0, 0.05) is 24.2 Å². The number of ether oxygens (including phenoxy) is 1. The van der Waals surface area contributed by atoms with Gasteiger partial charge in [-0.1, -0.05) is 6.07 Å². The summed E-state index contributed by atoms with van der Waals surface area (Å²) in [6.07, 6.45) is 6.72. The van der Waals surface area contributed by atoms with Crippen LogP contribution in [0.25, 0.3) is 16.9 Å². The topological polar surface area (TPSA) is 52.3 Å². The van der Waals surface area contributed by atoms with Crippen molar-refractivity contribution in [1.29, 1.82) is 0 Å². The van der Waals surface area contributed by atoms with Gasteiger partial charge < -0.3 is 4.74 Å². The van der Waals surface area contributed by atoms with Crippen LogP contribution in [0.1, 0.15) is 11.3 Å². The Morgan fingerprint density at radius 3 is 2.69 bits per heavy atom. The quantitative estimate of drug-likeness (QED) is 0.522. The Morgan fingerprint density at radius 2 is 1.92 bits per heavy atom. The van der Waals surface area contributed by atoms with Crippen molar-refractivity contribution >= 4 is 5.78 Å². The highest BCUT2D eigenvalue weighted by molar-refractivity contribution is 5.66. The van der Waals surface area contributed by atoms with Crippen molar-refractivity contribution in [3.8, 4) is 16.9 Å². The van der Waals surface area contributed by atoms with E-state index < -0.39 is 5.95 Å². The summed E-state index contributed by atoms with van der Waals surface area (Å²) in [6.45, 7) is 2.06. The molecule has 0 aliphatic rings. The average Bonchev–Trinajstić information content (AvgIpc) is 3.03. The van der Waals surface area contributed by atoms with Crippen molar-refractivity contribution < 1.29 is 13.5 Å². The van der Waals surface area contributed by atoms with Crippen LogP contribution in [0.3, 0.4) is 0 Å². The predicted octanol–water partition coefficient (Wildman–Crippen LogP) is 3.96. The second-order valence-electron chi connectivity index (χ2n) is 5.85. The van der Waals surface area contributed by atoms with Crippen LogP contribution >= 0.6 is 0 Å². The van der Waals surface area contributed by atoms with Gasteiger partial charge in [-0.3, -0.25) is 4.40 Å². The molecule has 4 aromatic rings. The number of fused-ring (bicyclic) bond motifs is 1. The Labute approximate surface area is 147 Å². The summed E-state index contributed by atoms with van der Waals surface area (Å²) >= 11 is 0. The number of halogens is 2. The normalized spacial score (nSPS) is 11.0. The maximum atomic E-state index is 13.3. The molecule has 0 bridgehead atoms. The molecule has 0 N–H and O–H groups in total. The molecule has 0 unspecified atom stereocenters. The van der Waals surface area contributed by atoms with E-state index in [0.29, 0.717) is 17.2 Å². The molecule has 3 aromatic heterocycles. The zero-order valence-electron chi connectivity index (χ0n) is 13.9. The van der Waals surface area contributed by atoms with Crippen molar-refractivity contribution in [2.24, 2.45) is 0 Å². The molecular formula is C19H14F2N4O. The third kappa shape index (κ3) is 3.23. The van der Waals surface area contributed by atoms with Crippen LogP contribution in [-0.4, -0.2) is 19.4 Å². The molecule has 26 heavy (non-hydrogen) atoms. The van der Waals surface area contributed by atoms with Crippen LogP contribution in [0.2, 0.25) is 0 Å². The van der Waals surface area contributed by atoms with Gasteiger partial charge in [-0.15, -0.1) is 0 Å². The number of hydrogen-bond acceptors (Lipinski definition) is 4. The lowest BCUT2D eigenvalue weighted by molar-refractivity contribution is 0.300. The zero-order valence-corrected chi connectivity index (χ0v) is 13.9. The van der Waals surface area contributed by atoms with Gasteiger partial charge in [0.1, 0.15) is 18.2 Å². The first-order valence-electron chi connectivity index (χ1n) is 7.93. The van der Waals surface area contributed by atoms with Crippen molar-refractivity contribution in [2.75, 3.05) is 0 Å². The number of hydrogen-bond donors (Lipinski definition) is 0. The molecule has 5 nitrogen and oxygen atoms in total. The van der Waals surface area contributed by atoms with E-state index in [4.69, 9.17) is 4.74 Å². The summed E-state index contributed by atoms with van der Waals surface area (Å²) in [6, 6.07) is 7.39. The summed E-state index contributed by atoms with van der Waals surface area (Å²) in [5.74, 6) is 0.166. The molecule has 0 atom stereocenters. The highest BCUT2D eigenvalue weighted by Gasteiger charge is 2.08. The Morgan fingerprint density at radius 1 is 1.04 bits per heavy atom. The number of rotatable bonds is 4. The van der Waals surface area contributed by atoms with Gasteiger partial charge >= 0.3 is 0 Å². The number of aryl methyl sites for hydroxylation is 1. The molecule has 3 heterocycles. The molecule has 0 amide bonds. The molecule has 4 rings (SSSR count). The summed E-state index contributed by atoms with van der Waals surface area (Å²) in [4.78, 5) is 12.3. The van der Waals surface area contributed by atoms with Crippen LogP contribution < -0.4 is 4.74 Å². The first-order valence-corrected chi connectivity index (χ1v) is 7.93. The van der Waals surface area contributed by atoms with E-state index >= 15 is 0 Å². The lowest BCUT2D eigenvalue weighted by Gasteiger charge is -2.06. The predicted molar refractivity (Wildman–Crippen MR) is 91.6 cm³/mol. The number of imidazole rings is 1. The maximum absolute atomic E-state index is 13.3. The minimum absolute atomic E-state index is 0.210. The second-order valence-corrected chi connectivity index (χ2v) is 5.85. The molecule has 0 saturated heterocycles. The van der Waals surface area contributed by atoms with Crippen LogP contribution in [-0.2, 0) is 6.61 Å². The average molecular weight is 352 g/mol. The Balaban J connectivity index is 1.58. The first-order chi connectivity index (χ1) is 12.6. The number of benzene rings is 1. The number of pyridine rings is 1. The lowest BCUT2D eigenvalue weighted by atomic mass is 10.0. The van der Waals surface area contributed by atoms with E-state index in [1.165, 1.54) is 30.5 Å². The molecular weight excluding hydrogens is 338 g/mol. The first kappa shape index (κ1) is 16.1. The van der Waals surface area contributed by atoms with Gasteiger partial charge in [0.2, 0.25) is 11.7 Å². The van der Waals surface area contributed by atoms with Gasteiger partial charge in [-0.25, -0.2) is 19.3 Å². The van der Waals surface area contributed by atoms with E-state index in [2.05, 4.69) is 15.0 Å². The monoisotopic (exact) mass is 352 g/mol. The van der Waals surface area contributed by atoms with E-state index in [9.17, 15) is 8.78 Å². The van der Waals surface area contributed by atoms with Crippen molar-refractivity contribution in [3.63, 3.8) is 0 Å². The number of aromatic nitrogens is 4. The van der Waals surface area contributed by atoms with Gasteiger partial charge in [-0.2, -0.15) is 4.39 Å². The van der Waals surface area contributed by atoms with Crippen LogP contribution in [0.15, 0.2) is 55.1 Å². The third-order valence-corrected chi connectivity index (χ3v) is 3.95. The summed E-state index contributed by atoms with van der Waals surface area (Å²) in [5, 5.41) is 0. The molecule has 0 aliphatic heterocycles. The largest absolute Gasteiger partial charge is 0.486 e. The smallest absolute Gasteiger partial charge is 0.234 e.